The molecule has 2 aromatic rings. The van der Waals surface area contributed by atoms with Gasteiger partial charge in [0, 0.05) is 15.6 Å². The number of aromatic hydroxyl groups is 1. The van der Waals surface area contributed by atoms with Gasteiger partial charge in [-0.25, -0.2) is 0 Å². The molecule has 0 atom stereocenters. The molecule has 0 unspecified atom stereocenters. The molecule has 0 spiro atoms. The van der Waals surface area contributed by atoms with E-state index >= 15 is 0 Å². The number of phenols is 1. The summed E-state index contributed by atoms with van der Waals surface area (Å²) in [6.45, 7) is 1.73. The molecule has 6 heteroatoms. The van der Waals surface area contributed by atoms with Gasteiger partial charge >= 0.3 is 0 Å². The number of carbonyl (C=O) groups is 1. The van der Waals surface area contributed by atoms with Gasteiger partial charge in [-0.05, 0) is 48.9 Å². The van der Waals surface area contributed by atoms with Crippen molar-refractivity contribution < 1.29 is 9.90 Å². The number of phenolic OH excluding ortho intramolecular Hbond substituents is 1. The van der Waals surface area contributed by atoms with E-state index in [4.69, 9.17) is 18.0 Å². The van der Waals surface area contributed by atoms with Crippen molar-refractivity contribution in [2.45, 2.75) is 6.92 Å². The molecule has 0 radical (unpaired) electrons. The summed E-state index contributed by atoms with van der Waals surface area (Å²) in [6, 6.07) is 9.93. The lowest BCUT2D eigenvalue weighted by atomic mass is 10.1. The maximum absolute atomic E-state index is 12.3. The van der Waals surface area contributed by atoms with Gasteiger partial charge in [-0.2, -0.15) is 0 Å². The van der Waals surface area contributed by atoms with Crippen LogP contribution in [-0.2, 0) is 0 Å². The Labute approximate surface area is 136 Å². The summed E-state index contributed by atoms with van der Waals surface area (Å²) in [4.78, 5) is 12.5. The number of hydrogen-bond donors (Lipinski definition) is 3. The summed E-state index contributed by atoms with van der Waals surface area (Å²) >= 11 is 8.32. The maximum Gasteiger partial charge on any atom is 0.255 e. The molecular formula is C15H13BrN2O2S. The van der Waals surface area contributed by atoms with Crippen molar-refractivity contribution in [3.05, 3.63) is 57.6 Å². The van der Waals surface area contributed by atoms with Gasteiger partial charge in [0.1, 0.15) is 10.7 Å². The second-order valence-corrected chi connectivity index (χ2v) is 5.87. The van der Waals surface area contributed by atoms with Crippen LogP contribution in [0.4, 0.5) is 5.69 Å². The molecule has 1 amide bonds. The molecule has 0 aliphatic heterocycles. The summed E-state index contributed by atoms with van der Waals surface area (Å²) in [7, 11) is 0. The highest BCUT2D eigenvalue weighted by molar-refractivity contribution is 9.10. The summed E-state index contributed by atoms with van der Waals surface area (Å²) < 4.78 is 0.805. The average Bonchev–Trinajstić information content (AvgIpc) is 2.41. The smallest absolute Gasteiger partial charge is 0.255 e. The normalized spacial score (nSPS) is 10.2. The van der Waals surface area contributed by atoms with Gasteiger partial charge < -0.3 is 16.2 Å². The molecule has 0 heterocycles. The van der Waals surface area contributed by atoms with E-state index in [0.29, 0.717) is 22.4 Å². The molecule has 21 heavy (non-hydrogen) atoms. The number of anilines is 1. The Kier molecular flexibility index (Phi) is 4.59. The fourth-order valence-electron chi connectivity index (χ4n) is 1.83. The van der Waals surface area contributed by atoms with Crippen molar-refractivity contribution in [1.29, 1.82) is 0 Å². The van der Waals surface area contributed by atoms with Crippen molar-refractivity contribution >= 4 is 44.7 Å². The first-order chi connectivity index (χ1) is 9.88. The van der Waals surface area contributed by atoms with Crippen LogP contribution in [0.2, 0.25) is 0 Å². The Balaban J connectivity index is 2.33. The highest BCUT2D eigenvalue weighted by atomic mass is 79.9. The summed E-state index contributed by atoms with van der Waals surface area (Å²) in [5.74, 6) is -0.147. The van der Waals surface area contributed by atoms with Crippen LogP contribution < -0.4 is 11.1 Å². The minimum atomic E-state index is -0.297. The Morgan fingerprint density at radius 1 is 1.29 bits per heavy atom. The van der Waals surface area contributed by atoms with E-state index < -0.39 is 0 Å². The third kappa shape index (κ3) is 3.59. The van der Waals surface area contributed by atoms with Crippen LogP contribution in [0.1, 0.15) is 21.5 Å². The molecule has 2 rings (SSSR count). The van der Waals surface area contributed by atoms with Gasteiger partial charge in [0.25, 0.3) is 5.91 Å². The maximum atomic E-state index is 12.3. The molecule has 0 saturated heterocycles. The van der Waals surface area contributed by atoms with Crippen LogP contribution in [0.3, 0.4) is 0 Å². The number of amides is 1. The van der Waals surface area contributed by atoms with Gasteiger partial charge in [0.15, 0.2) is 0 Å². The van der Waals surface area contributed by atoms with E-state index in [1.807, 2.05) is 0 Å². The second-order valence-electron chi connectivity index (χ2n) is 4.51. The fraction of sp³-hybridized carbons (Fsp3) is 0.0667. The highest BCUT2D eigenvalue weighted by Crippen LogP contribution is 2.23. The lowest BCUT2D eigenvalue weighted by Crippen LogP contribution is -2.17. The molecule has 108 valence electrons. The molecule has 0 fully saturated rings. The van der Waals surface area contributed by atoms with Crippen LogP contribution in [0.5, 0.6) is 5.75 Å². The van der Waals surface area contributed by atoms with E-state index in [1.54, 1.807) is 37.3 Å². The number of benzene rings is 2. The first kappa shape index (κ1) is 15.5. The van der Waals surface area contributed by atoms with E-state index in [9.17, 15) is 9.90 Å². The number of nitrogens with one attached hydrogen (secondary N) is 1. The SMILES string of the molecule is Cc1cc(C(=O)Nc2cc(Br)ccc2C(N)=S)ccc1O. The van der Waals surface area contributed by atoms with Crippen molar-refractivity contribution in [2.24, 2.45) is 5.73 Å². The number of carbonyl (C=O) groups excluding carboxylic acids is 1. The topological polar surface area (TPSA) is 75.4 Å². The zero-order chi connectivity index (χ0) is 15.6. The lowest BCUT2D eigenvalue weighted by Gasteiger charge is -2.11. The Bertz CT molecular complexity index is 732. The predicted molar refractivity (Wildman–Crippen MR) is 90.8 cm³/mol. The summed E-state index contributed by atoms with van der Waals surface area (Å²) in [5.41, 5.74) is 7.86. The van der Waals surface area contributed by atoms with Crippen molar-refractivity contribution in [1.82, 2.24) is 0 Å². The minimum absolute atomic E-state index is 0.151. The molecule has 2 aromatic carbocycles. The highest BCUT2D eigenvalue weighted by Gasteiger charge is 2.12. The minimum Gasteiger partial charge on any atom is -0.508 e. The monoisotopic (exact) mass is 364 g/mol. The number of halogens is 1. The van der Waals surface area contributed by atoms with Crippen LogP contribution in [0.25, 0.3) is 0 Å². The lowest BCUT2D eigenvalue weighted by molar-refractivity contribution is 0.102. The zero-order valence-corrected chi connectivity index (χ0v) is 13.6. The van der Waals surface area contributed by atoms with Crippen LogP contribution in [0.15, 0.2) is 40.9 Å². The molecule has 0 aliphatic rings. The Morgan fingerprint density at radius 3 is 2.62 bits per heavy atom. The van der Waals surface area contributed by atoms with Crippen LogP contribution in [0, 0.1) is 6.92 Å². The van der Waals surface area contributed by atoms with Crippen molar-refractivity contribution in [2.75, 3.05) is 5.32 Å². The number of rotatable bonds is 3. The Hall–Kier alpha value is -1.92. The van der Waals surface area contributed by atoms with Gasteiger partial charge in [-0.15, -0.1) is 0 Å². The summed E-state index contributed by atoms with van der Waals surface area (Å²) in [6.07, 6.45) is 0. The van der Waals surface area contributed by atoms with Crippen molar-refractivity contribution in [3.8, 4) is 5.75 Å². The molecule has 0 bridgehead atoms. The number of thiocarbonyl (C=S) groups is 1. The van der Waals surface area contributed by atoms with Crippen LogP contribution >= 0.6 is 28.1 Å². The van der Waals surface area contributed by atoms with E-state index in [2.05, 4.69) is 21.2 Å². The van der Waals surface area contributed by atoms with Crippen molar-refractivity contribution in [3.63, 3.8) is 0 Å². The average molecular weight is 365 g/mol. The Morgan fingerprint density at radius 2 is 2.00 bits per heavy atom. The molecular weight excluding hydrogens is 352 g/mol. The first-order valence-electron chi connectivity index (χ1n) is 6.09. The largest absolute Gasteiger partial charge is 0.508 e. The van der Waals surface area contributed by atoms with Gasteiger partial charge in [0.05, 0.1) is 5.69 Å². The van der Waals surface area contributed by atoms with Crippen LogP contribution in [-0.4, -0.2) is 16.0 Å². The second kappa shape index (κ2) is 6.24. The quantitative estimate of drug-likeness (QED) is 0.730. The first-order valence-corrected chi connectivity index (χ1v) is 7.29. The summed E-state index contributed by atoms with van der Waals surface area (Å²) in [5, 5.41) is 12.3. The van der Waals surface area contributed by atoms with E-state index in [-0.39, 0.29) is 16.6 Å². The predicted octanol–water partition coefficient (Wildman–Crippen LogP) is 3.35. The molecule has 0 saturated carbocycles. The van der Waals surface area contributed by atoms with E-state index in [1.165, 1.54) is 6.07 Å². The number of nitrogens with two attached hydrogens (primary N) is 1. The molecule has 0 aliphatic carbocycles. The van der Waals surface area contributed by atoms with Gasteiger partial charge in [-0.3, -0.25) is 4.79 Å². The third-order valence-corrected chi connectivity index (χ3v) is 3.67. The zero-order valence-electron chi connectivity index (χ0n) is 11.2. The molecule has 0 aromatic heterocycles. The standard InChI is InChI=1S/C15H13BrN2O2S/c1-8-6-9(2-5-13(8)19)15(20)18-12-7-10(16)3-4-11(12)14(17)21/h2-7,19H,1H3,(H2,17,21)(H,18,20). The van der Waals surface area contributed by atoms with Gasteiger partial charge in [-0.1, -0.05) is 28.1 Å². The number of aryl methyl sites for hydroxylation is 1. The van der Waals surface area contributed by atoms with E-state index in [0.717, 1.165) is 4.47 Å². The molecule has 4 N–H and O–H groups in total. The third-order valence-electron chi connectivity index (χ3n) is 2.95. The van der Waals surface area contributed by atoms with Gasteiger partial charge in [0.2, 0.25) is 0 Å². The number of hydrogen-bond acceptors (Lipinski definition) is 3. The fourth-order valence-corrected chi connectivity index (χ4v) is 2.37. The molecule has 4 nitrogen and oxygen atoms in total.